The first kappa shape index (κ1) is 14.8. The zero-order chi connectivity index (χ0) is 13.7. The summed E-state index contributed by atoms with van der Waals surface area (Å²) in [4.78, 5) is 4.40. The summed E-state index contributed by atoms with van der Waals surface area (Å²) < 4.78 is 1.23. The Labute approximate surface area is 132 Å². The summed E-state index contributed by atoms with van der Waals surface area (Å²) in [5.74, 6) is 0. The van der Waals surface area contributed by atoms with E-state index in [2.05, 4.69) is 51.9 Å². The van der Waals surface area contributed by atoms with Gasteiger partial charge in [-0.15, -0.1) is 0 Å². The second-order valence-electron chi connectivity index (χ2n) is 4.30. The second kappa shape index (κ2) is 7.22. The van der Waals surface area contributed by atoms with Gasteiger partial charge in [-0.1, -0.05) is 24.6 Å². The normalized spacial score (nSPS) is 12.4. The Kier molecular flexibility index (Phi) is 5.60. The van der Waals surface area contributed by atoms with Gasteiger partial charge in [0.15, 0.2) is 0 Å². The molecule has 0 bridgehead atoms. The molecule has 1 unspecified atom stereocenters. The number of aromatic nitrogens is 1. The number of hydrogen-bond acceptors (Lipinski definition) is 2. The van der Waals surface area contributed by atoms with Crippen molar-refractivity contribution in [2.45, 2.75) is 19.4 Å². The molecule has 0 spiro atoms. The smallest absolute Gasteiger partial charge is 0.0422 e. The van der Waals surface area contributed by atoms with Crippen molar-refractivity contribution < 1.29 is 0 Å². The summed E-state index contributed by atoms with van der Waals surface area (Å²) in [5.41, 5.74) is 2.32. The first-order valence-corrected chi connectivity index (χ1v) is 7.74. The van der Waals surface area contributed by atoms with Gasteiger partial charge in [-0.3, -0.25) is 4.98 Å². The van der Waals surface area contributed by atoms with Crippen molar-refractivity contribution in [3.05, 3.63) is 62.4 Å². The van der Waals surface area contributed by atoms with E-state index < -0.39 is 0 Å². The van der Waals surface area contributed by atoms with E-state index in [4.69, 9.17) is 11.6 Å². The predicted molar refractivity (Wildman–Crippen MR) is 88.5 cm³/mol. The molecule has 1 heterocycles. The molecule has 0 aliphatic rings. The van der Waals surface area contributed by atoms with Crippen LogP contribution in [0.15, 0.2) is 42.6 Å². The molecule has 4 heteroatoms. The van der Waals surface area contributed by atoms with Gasteiger partial charge in [0.2, 0.25) is 0 Å². The van der Waals surface area contributed by atoms with E-state index in [1.165, 1.54) is 9.13 Å². The van der Waals surface area contributed by atoms with Crippen LogP contribution >= 0.6 is 34.2 Å². The van der Waals surface area contributed by atoms with Crippen molar-refractivity contribution >= 4 is 34.2 Å². The quantitative estimate of drug-likeness (QED) is 0.778. The van der Waals surface area contributed by atoms with Crippen LogP contribution in [0.2, 0.25) is 5.02 Å². The summed E-state index contributed by atoms with van der Waals surface area (Å²) in [6.07, 6.45) is 2.70. The standard InChI is InChI=1S/C15H16ClIN2/c1-2-18-15(10-12-5-3-4-8-19-12)13-9-11(16)6-7-14(13)17/h3-9,15,18H,2,10H2,1H3. The Morgan fingerprint density at radius 1 is 1.32 bits per heavy atom. The molecule has 0 saturated heterocycles. The van der Waals surface area contributed by atoms with Crippen molar-refractivity contribution in [3.8, 4) is 0 Å². The van der Waals surface area contributed by atoms with E-state index in [0.29, 0.717) is 0 Å². The van der Waals surface area contributed by atoms with Gasteiger partial charge in [-0.25, -0.2) is 0 Å². The highest BCUT2D eigenvalue weighted by atomic mass is 127. The monoisotopic (exact) mass is 386 g/mol. The van der Waals surface area contributed by atoms with Crippen LogP contribution in [0.3, 0.4) is 0 Å². The molecule has 0 radical (unpaired) electrons. The summed E-state index contributed by atoms with van der Waals surface area (Å²) in [5, 5.41) is 4.29. The third kappa shape index (κ3) is 4.16. The van der Waals surface area contributed by atoms with Crippen LogP contribution in [0.1, 0.15) is 24.2 Å². The molecule has 1 N–H and O–H groups in total. The van der Waals surface area contributed by atoms with Crippen molar-refractivity contribution in [1.82, 2.24) is 10.3 Å². The molecule has 2 nitrogen and oxygen atoms in total. The van der Waals surface area contributed by atoms with E-state index in [1.807, 2.05) is 30.5 Å². The van der Waals surface area contributed by atoms with Crippen LogP contribution in [0.25, 0.3) is 0 Å². The number of rotatable bonds is 5. The van der Waals surface area contributed by atoms with Gasteiger partial charge in [-0.05, 0) is 65.0 Å². The highest BCUT2D eigenvalue weighted by Gasteiger charge is 2.15. The topological polar surface area (TPSA) is 24.9 Å². The van der Waals surface area contributed by atoms with Crippen LogP contribution < -0.4 is 5.32 Å². The number of benzene rings is 1. The lowest BCUT2D eigenvalue weighted by Crippen LogP contribution is -2.24. The van der Waals surface area contributed by atoms with Crippen LogP contribution in [0.4, 0.5) is 0 Å². The van der Waals surface area contributed by atoms with Gasteiger partial charge < -0.3 is 5.32 Å². The van der Waals surface area contributed by atoms with Crippen LogP contribution in [0.5, 0.6) is 0 Å². The fourth-order valence-corrected chi connectivity index (χ4v) is 2.94. The van der Waals surface area contributed by atoms with Crippen LogP contribution in [-0.2, 0) is 6.42 Å². The summed E-state index contributed by atoms with van der Waals surface area (Å²) in [7, 11) is 0. The van der Waals surface area contributed by atoms with Gasteiger partial charge in [0.1, 0.15) is 0 Å². The van der Waals surface area contributed by atoms with E-state index in [1.54, 1.807) is 0 Å². The number of likely N-dealkylation sites (N-methyl/N-ethyl adjacent to an activating group) is 1. The lowest BCUT2D eigenvalue weighted by Gasteiger charge is -2.19. The fraction of sp³-hybridized carbons (Fsp3) is 0.267. The average molecular weight is 387 g/mol. The van der Waals surface area contributed by atoms with Crippen LogP contribution in [0, 0.1) is 3.57 Å². The highest BCUT2D eigenvalue weighted by Crippen LogP contribution is 2.26. The van der Waals surface area contributed by atoms with E-state index in [-0.39, 0.29) is 6.04 Å². The van der Waals surface area contributed by atoms with Gasteiger partial charge in [-0.2, -0.15) is 0 Å². The molecule has 2 aromatic rings. The Hall–Kier alpha value is -0.650. The minimum atomic E-state index is 0.241. The Balaban J connectivity index is 2.27. The summed E-state index contributed by atoms with van der Waals surface area (Å²) >= 11 is 8.47. The maximum Gasteiger partial charge on any atom is 0.0422 e. The van der Waals surface area contributed by atoms with Gasteiger partial charge >= 0.3 is 0 Å². The number of hydrogen-bond donors (Lipinski definition) is 1. The Morgan fingerprint density at radius 3 is 2.84 bits per heavy atom. The second-order valence-corrected chi connectivity index (χ2v) is 5.90. The lowest BCUT2D eigenvalue weighted by atomic mass is 10.0. The predicted octanol–water partition coefficient (Wildman–Crippen LogP) is 4.23. The first-order valence-electron chi connectivity index (χ1n) is 6.29. The summed E-state index contributed by atoms with van der Waals surface area (Å²) in [6.45, 7) is 3.03. The van der Waals surface area contributed by atoms with E-state index >= 15 is 0 Å². The third-order valence-electron chi connectivity index (χ3n) is 2.92. The van der Waals surface area contributed by atoms with Crippen molar-refractivity contribution in [1.29, 1.82) is 0 Å². The van der Waals surface area contributed by atoms with Crippen LogP contribution in [-0.4, -0.2) is 11.5 Å². The van der Waals surface area contributed by atoms with Gasteiger partial charge in [0, 0.05) is 32.9 Å². The van der Waals surface area contributed by atoms with Gasteiger partial charge in [0.25, 0.3) is 0 Å². The van der Waals surface area contributed by atoms with E-state index in [9.17, 15) is 0 Å². The molecule has 0 aliphatic carbocycles. The summed E-state index contributed by atoms with van der Waals surface area (Å²) in [6, 6.07) is 12.3. The van der Waals surface area contributed by atoms with Crippen molar-refractivity contribution in [2.75, 3.05) is 6.54 Å². The largest absolute Gasteiger partial charge is 0.310 e. The molecule has 0 fully saturated rings. The van der Waals surface area contributed by atoms with Crippen molar-refractivity contribution in [3.63, 3.8) is 0 Å². The molecule has 100 valence electrons. The number of nitrogens with one attached hydrogen (secondary N) is 1. The zero-order valence-corrected chi connectivity index (χ0v) is 13.6. The molecule has 1 aromatic heterocycles. The zero-order valence-electron chi connectivity index (χ0n) is 10.7. The Morgan fingerprint density at radius 2 is 2.16 bits per heavy atom. The third-order valence-corrected chi connectivity index (χ3v) is 4.14. The minimum Gasteiger partial charge on any atom is -0.310 e. The lowest BCUT2D eigenvalue weighted by molar-refractivity contribution is 0.542. The highest BCUT2D eigenvalue weighted by molar-refractivity contribution is 14.1. The first-order chi connectivity index (χ1) is 9.20. The molecular formula is C15H16ClIN2. The number of pyridine rings is 1. The molecule has 2 rings (SSSR count). The van der Waals surface area contributed by atoms with Gasteiger partial charge in [0.05, 0.1) is 0 Å². The maximum absolute atomic E-state index is 6.12. The Bertz CT molecular complexity index is 531. The maximum atomic E-state index is 6.12. The fourth-order valence-electron chi connectivity index (χ4n) is 2.05. The average Bonchev–Trinajstić information content (AvgIpc) is 2.42. The van der Waals surface area contributed by atoms with Crippen molar-refractivity contribution in [2.24, 2.45) is 0 Å². The minimum absolute atomic E-state index is 0.241. The molecule has 0 amide bonds. The number of halogens is 2. The molecule has 0 saturated carbocycles. The molecule has 0 aliphatic heterocycles. The SMILES string of the molecule is CCNC(Cc1ccccn1)c1cc(Cl)ccc1I. The van der Waals surface area contributed by atoms with E-state index in [0.717, 1.165) is 23.7 Å². The molecule has 1 aromatic carbocycles. The molecular weight excluding hydrogens is 371 g/mol. The number of nitrogens with zero attached hydrogens (tertiary/aromatic N) is 1. The molecule has 19 heavy (non-hydrogen) atoms. The molecule has 1 atom stereocenters.